The van der Waals surface area contributed by atoms with E-state index in [0.717, 1.165) is 28.7 Å². The van der Waals surface area contributed by atoms with Crippen LogP contribution in [-0.4, -0.2) is 36.7 Å². The summed E-state index contributed by atoms with van der Waals surface area (Å²) in [6, 6.07) is 7.96. The normalized spacial score (nSPS) is 12.9. The zero-order valence-electron chi connectivity index (χ0n) is 15.7. The van der Waals surface area contributed by atoms with E-state index in [9.17, 15) is 22.2 Å². The molecule has 0 saturated heterocycles. The molecular weight excluding hydrogens is 405 g/mol. The van der Waals surface area contributed by atoms with Gasteiger partial charge in [-0.1, -0.05) is 0 Å². The molecule has 2 amide bonds. The number of aromatic nitrogens is 2. The molecule has 0 bridgehead atoms. The number of fused-ring (bicyclic) bond motifs is 1. The van der Waals surface area contributed by atoms with Crippen LogP contribution in [0.15, 0.2) is 53.7 Å². The van der Waals surface area contributed by atoms with E-state index < -0.39 is 22.3 Å². The number of nitrogens with zero attached hydrogens (tertiary/aromatic N) is 2. The molecule has 6 nitrogen and oxygen atoms in total. The molecule has 1 unspecified atom stereocenters. The molecule has 2 aromatic heterocycles. The van der Waals surface area contributed by atoms with Crippen molar-refractivity contribution in [1.29, 1.82) is 0 Å². The van der Waals surface area contributed by atoms with Crippen LogP contribution < -0.4 is 5.32 Å². The van der Waals surface area contributed by atoms with Gasteiger partial charge in [0.2, 0.25) is 0 Å². The Morgan fingerprint density at radius 1 is 1.24 bits per heavy atom. The van der Waals surface area contributed by atoms with Crippen LogP contribution in [-0.2, 0) is 17.3 Å². The number of rotatable bonds is 5. The number of anilines is 1. The smallest absolute Gasteiger partial charge is 0.346 e. The average molecular weight is 424 g/mol. The molecule has 0 aliphatic heterocycles. The Balaban J connectivity index is 1.74. The Morgan fingerprint density at radius 3 is 2.55 bits per heavy atom. The first-order chi connectivity index (χ1) is 13.7. The van der Waals surface area contributed by atoms with Crippen molar-refractivity contribution >= 4 is 33.6 Å². The standard InChI is InChI=1S/C19H19F3N4O2S/c1-12(2)26(11-13-10-24-17-16(13)4-3-9-23-17)18(27)25-14-5-7-15(8-6-14)29(28)19(20,21)22/h3-10,12H,11H2,1-2H3,(H,23,24)(H,25,27). The molecule has 0 aliphatic carbocycles. The zero-order valence-corrected chi connectivity index (χ0v) is 16.5. The lowest BCUT2D eigenvalue weighted by Gasteiger charge is -2.27. The Labute approximate surface area is 167 Å². The minimum absolute atomic E-state index is 0.131. The molecule has 0 spiro atoms. The van der Waals surface area contributed by atoms with Gasteiger partial charge >= 0.3 is 11.5 Å². The van der Waals surface area contributed by atoms with Crippen LogP contribution in [0.4, 0.5) is 23.7 Å². The van der Waals surface area contributed by atoms with Crippen molar-refractivity contribution in [3.8, 4) is 0 Å². The highest BCUT2D eigenvalue weighted by Crippen LogP contribution is 2.27. The Bertz CT molecular complexity index is 1030. The lowest BCUT2D eigenvalue weighted by atomic mass is 10.2. The largest absolute Gasteiger partial charge is 0.475 e. The van der Waals surface area contributed by atoms with Gasteiger partial charge in [0.15, 0.2) is 10.8 Å². The molecule has 1 aromatic carbocycles. The quantitative estimate of drug-likeness (QED) is 0.627. The van der Waals surface area contributed by atoms with E-state index >= 15 is 0 Å². The first kappa shape index (κ1) is 20.8. The predicted molar refractivity (Wildman–Crippen MR) is 105 cm³/mol. The van der Waals surface area contributed by atoms with Gasteiger partial charge in [-0.05, 0) is 55.8 Å². The van der Waals surface area contributed by atoms with Crippen molar-refractivity contribution in [2.75, 3.05) is 5.32 Å². The molecule has 0 saturated carbocycles. The van der Waals surface area contributed by atoms with Gasteiger partial charge in [0.25, 0.3) is 0 Å². The predicted octanol–water partition coefficient (Wildman–Crippen LogP) is 4.63. The number of alkyl halides is 3. The van der Waals surface area contributed by atoms with Crippen molar-refractivity contribution in [1.82, 2.24) is 14.9 Å². The maximum Gasteiger partial charge on any atom is 0.475 e. The number of halogens is 3. The van der Waals surface area contributed by atoms with E-state index in [1.807, 2.05) is 26.0 Å². The van der Waals surface area contributed by atoms with Crippen LogP contribution in [0.1, 0.15) is 19.4 Å². The molecule has 10 heteroatoms. The Hall–Kier alpha value is -2.88. The molecule has 2 N–H and O–H groups in total. The van der Waals surface area contributed by atoms with Crippen LogP contribution in [0.3, 0.4) is 0 Å². The maximum atomic E-state index is 12.7. The fraction of sp³-hybridized carbons (Fsp3) is 0.263. The fourth-order valence-electron chi connectivity index (χ4n) is 2.81. The fourth-order valence-corrected chi connectivity index (χ4v) is 3.46. The zero-order chi connectivity index (χ0) is 21.2. The third-order valence-electron chi connectivity index (χ3n) is 4.29. The van der Waals surface area contributed by atoms with E-state index in [0.29, 0.717) is 12.2 Å². The van der Waals surface area contributed by atoms with Crippen molar-refractivity contribution < 1.29 is 22.2 Å². The third-order valence-corrected chi connectivity index (χ3v) is 5.41. The summed E-state index contributed by atoms with van der Waals surface area (Å²) >= 11 is 0. The molecule has 2 heterocycles. The van der Waals surface area contributed by atoms with Crippen LogP contribution in [0.25, 0.3) is 11.0 Å². The van der Waals surface area contributed by atoms with E-state index in [4.69, 9.17) is 0 Å². The molecule has 154 valence electrons. The first-order valence-corrected chi connectivity index (χ1v) is 9.89. The van der Waals surface area contributed by atoms with Gasteiger partial charge in [-0.25, -0.2) is 14.0 Å². The molecule has 0 fully saturated rings. The average Bonchev–Trinajstić information content (AvgIpc) is 3.08. The third kappa shape index (κ3) is 4.76. The highest BCUT2D eigenvalue weighted by atomic mass is 32.2. The second-order valence-electron chi connectivity index (χ2n) is 6.60. The molecule has 3 rings (SSSR count). The van der Waals surface area contributed by atoms with Gasteiger partial charge in [0, 0.05) is 40.9 Å². The number of H-pyrrole nitrogens is 1. The number of carbonyl (C=O) groups is 1. The molecule has 0 radical (unpaired) electrons. The summed E-state index contributed by atoms with van der Waals surface area (Å²) in [5.74, 6) is 0. The van der Waals surface area contributed by atoms with Gasteiger partial charge in [0.05, 0.1) is 0 Å². The number of hydrogen-bond donors (Lipinski definition) is 2. The maximum absolute atomic E-state index is 12.7. The highest BCUT2D eigenvalue weighted by molar-refractivity contribution is 7.86. The van der Waals surface area contributed by atoms with Gasteiger partial charge in [-0.2, -0.15) is 13.2 Å². The van der Waals surface area contributed by atoms with E-state index in [1.165, 1.54) is 12.1 Å². The summed E-state index contributed by atoms with van der Waals surface area (Å²) in [4.78, 5) is 21.3. The van der Waals surface area contributed by atoms with Crippen molar-refractivity contribution in [3.05, 3.63) is 54.4 Å². The Morgan fingerprint density at radius 2 is 1.93 bits per heavy atom. The van der Waals surface area contributed by atoms with Crippen molar-refractivity contribution in [2.24, 2.45) is 0 Å². The summed E-state index contributed by atoms with van der Waals surface area (Å²) in [5.41, 5.74) is -2.90. The monoisotopic (exact) mass is 424 g/mol. The van der Waals surface area contributed by atoms with E-state index in [-0.39, 0.29) is 10.9 Å². The van der Waals surface area contributed by atoms with Crippen LogP contribution in [0.2, 0.25) is 0 Å². The van der Waals surface area contributed by atoms with E-state index in [1.54, 1.807) is 17.3 Å². The van der Waals surface area contributed by atoms with Crippen LogP contribution in [0.5, 0.6) is 0 Å². The molecule has 1 atom stereocenters. The van der Waals surface area contributed by atoms with Gasteiger partial charge in [-0.3, -0.25) is 0 Å². The second-order valence-corrected chi connectivity index (χ2v) is 8.08. The van der Waals surface area contributed by atoms with Crippen molar-refractivity contribution in [3.63, 3.8) is 0 Å². The highest BCUT2D eigenvalue weighted by Gasteiger charge is 2.37. The van der Waals surface area contributed by atoms with Gasteiger partial charge < -0.3 is 15.2 Å². The van der Waals surface area contributed by atoms with Gasteiger partial charge in [0.1, 0.15) is 5.65 Å². The van der Waals surface area contributed by atoms with Crippen LogP contribution >= 0.6 is 0 Å². The Kier molecular flexibility index (Phi) is 5.92. The number of carbonyl (C=O) groups excluding carboxylic acids is 1. The van der Waals surface area contributed by atoms with Gasteiger partial charge in [-0.15, -0.1) is 0 Å². The number of benzene rings is 1. The lowest BCUT2D eigenvalue weighted by molar-refractivity contribution is -0.0384. The molecular formula is C19H19F3N4O2S. The van der Waals surface area contributed by atoms with Crippen molar-refractivity contribution in [2.45, 2.75) is 36.8 Å². The molecule has 3 aromatic rings. The van der Waals surface area contributed by atoms with E-state index in [2.05, 4.69) is 15.3 Å². The molecule has 29 heavy (non-hydrogen) atoms. The summed E-state index contributed by atoms with van der Waals surface area (Å²) < 4.78 is 49.0. The summed E-state index contributed by atoms with van der Waals surface area (Å²) in [5, 5.41) is 3.58. The number of amides is 2. The molecule has 0 aliphatic rings. The number of aromatic amines is 1. The summed E-state index contributed by atoms with van der Waals surface area (Å²) in [7, 11) is -3.11. The van der Waals surface area contributed by atoms with Crippen LogP contribution in [0, 0.1) is 0 Å². The minimum Gasteiger partial charge on any atom is -0.346 e. The summed E-state index contributed by atoms with van der Waals surface area (Å²) in [6.45, 7) is 4.05. The minimum atomic E-state index is -4.83. The first-order valence-electron chi connectivity index (χ1n) is 8.74. The number of urea groups is 1. The SMILES string of the molecule is CC(C)N(Cc1c[nH]c2ncccc12)C(=O)Nc1ccc(S(=O)C(F)(F)F)cc1. The number of nitrogens with one attached hydrogen (secondary N) is 2. The topological polar surface area (TPSA) is 78.1 Å². The number of pyridine rings is 1. The number of hydrogen-bond acceptors (Lipinski definition) is 3. The second kappa shape index (κ2) is 8.24. The lowest BCUT2D eigenvalue weighted by Crippen LogP contribution is -2.39. The summed E-state index contributed by atoms with van der Waals surface area (Å²) in [6.07, 6.45) is 3.46.